The van der Waals surface area contributed by atoms with Crippen molar-refractivity contribution in [2.45, 2.75) is 50.5 Å². The molecule has 8 heteroatoms. The van der Waals surface area contributed by atoms with Gasteiger partial charge >= 0.3 is 0 Å². The van der Waals surface area contributed by atoms with Gasteiger partial charge in [0.25, 0.3) is 15.0 Å². The van der Waals surface area contributed by atoms with Gasteiger partial charge in [-0.25, -0.2) is 8.42 Å². The molecule has 0 radical (unpaired) electrons. The summed E-state index contributed by atoms with van der Waals surface area (Å²) in [5, 5.41) is 6.54. The zero-order valence-electron chi connectivity index (χ0n) is 11.5. The number of carbonyl (C=O) groups is 1. The molecule has 1 aromatic rings. The van der Waals surface area contributed by atoms with Gasteiger partial charge in [-0.1, -0.05) is 13.3 Å². The Kier molecular flexibility index (Phi) is 4.39. The van der Waals surface area contributed by atoms with E-state index >= 15 is 0 Å². The van der Waals surface area contributed by atoms with Crippen molar-refractivity contribution in [3.05, 3.63) is 11.4 Å². The van der Waals surface area contributed by atoms with Crippen LogP contribution in [-0.2, 0) is 15.5 Å². The largest absolute Gasteiger partial charge is 0.335 e. The molecule has 6 nitrogen and oxygen atoms in total. The van der Waals surface area contributed by atoms with Crippen molar-refractivity contribution in [2.75, 3.05) is 6.54 Å². The lowest BCUT2D eigenvalue weighted by molar-refractivity contribution is 0.0737. The van der Waals surface area contributed by atoms with Gasteiger partial charge in [0.05, 0.1) is 5.69 Å². The van der Waals surface area contributed by atoms with Crippen LogP contribution in [0, 0.1) is 0 Å². The second-order valence-corrected chi connectivity index (χ2v) is 7.56. The molecule has 20 heavy (non-hydrogen) atoms. The summed E-state index contributed by atoms with van der Waals surface area (Å²) >= 11 is 0. The van der Waals surface area contributed by atoms with Crippen molar-refractivity contribution in [3.63, 3.8) is 0 Å². The summed E-state index contributed by atoms with van der Waals surface area (Å²) in [6.07, 6.45) is 3.05. The number of nitrogens with zero attached hydrogens (tertiary/aromatic N) is 2. The molecule has 1 amide bonds. The Labute approximate surface area is 122 Å². The molecule has 2 rings (SSSR count). The Morgan fingerprint density at radius 2 is 2.25 bits per heavy atom. The van der Waals surface area contributed by atoms with Crippen LogP contribution in [0.4, 0.5) is 0 Å². The number of nitrogens with one attached hydrogen (secondary N) is 1. The van der Waals surface area contributed by atoms with E-state index in [9.17, 15) is 13.2 Å². The number of halogens is 1. The van der Waals surface area contributed by atoms with Gasteiger partial charge < -0.3 is 4.90 Å². The van der Waals surface area contributed by atoms with Gasteiger partial charge in [0.1, 0.15) is 4.90 Å². The highest BCUT2D eigenvalue weighted by atomic mass is 35.7. The van der Waals surface area contributed by atoms with Crippen LogP contribution in [0.5, 0.6) is 0 Å². The number of carbonyl (C=O) groups excluding carboxylic acids is 1. The van der Waals surface area contributed by atoms with E-state index in [-0.39, 0.29) is 22.5 Å². The molecule has 1 aliphatic rings. The van der Waals surface area contributed by atoms with Crippen molar-refractivity contribution in [3.8, 4) is 0 Å². The molecule has 1 saturated heterocycles. The Balaban J connectivity index is 2.44. The normalized spacial score (nSPS) is 19.6. The third-order valence-corrected chi connectivity index (χ3v) is 4.94. The summed E-state index contributed by atoms with van der Waals surface area (Å²) in [7, 11) is 1.47. The maximum atomic E-state index is 12.5. The lowest BCUT2D eigenvalue weighted by atomic mass is 10.2. The molecule has 112 valence electrons. The number of aromatic amines is 1. The fourth-order valence-corrected chi connectivity index (χ4v) is 3.87. The molecule has 2 heterocycles. The summed E-state index contributed by atoms with van der Waals surface area (Å²) in [6.45, 7) is 4.48. The van der Waals surface area contributed by atoms with Gasteiger partial charge in [-0.3, -0.25) is 9.89 Å². The lowest BCUT2D eigenvalue weighted by Crippen LogP contribution is -2.34. The van der Waals surface area contributed by atoms with E-state index in [1.165, 1.54) is 0 Å². The Morgan fingerprint density at radius 3 is 2.75 bits per heavy atom. The number of aromatic nitrogens is 2. The first-order valence-electron chi connectivity index (χ1n) is 6.69. The fourth-order valence-electron chi connectivity index (χ4n) is 2.57. The van der Waals surface area contributed by atoms with Gasteiger partial charge in [0.15, 0.2) is 5.69 Å². The molecule has 1 N–H and O–H groups in total. The number of amides is 1. The van der Waals surface area contributed by atoms with Gasteiger partial charge in [-0.15, -0.1) is 0 Å². The van der Waals surface area contributed by atoms with Gasteiger partial charge in [0.2, 0.25) is 0 Å². The first kappa shape index (κ1) is 15.3. The van der Waals surface area contributed by atoms with Crippen molar-refractivity contribution in [1.82, 2.24) is 15.1 Å². The van der Waals surface area contributed by atoms with E-state index < -0.39 is 9.05 Å². The molecule has 1 fully saturated rings. The van der Waals surface area contributed by atoms with Gasteiger partial charge in [0, 0.05) is 23.3 Å². The minimum atomic E-state index is -4.00. The minimum Gasteiger partial charge on any atom is -0.335 e. The molecule has 0 aliphatic carbocycles. The van der Waals surface area contributed by atoms with Crippen molar-refractivity contribution < 1.29 is 13.2 Å². The summed E-state index contributed by atoms with van der Waals surface area (Å²) in [6, 6.07) is 0.0969. The summed E-state index contributed by atoms with van der Waals surface area (Å²) in [4.78, 5) is 14.0. The average molecular weight is 320 g/mol. The van der Waals surface area contributed by atoms with Crippen LogP contribution >= 0.6 is 10.7 Å². The van der Waals surface area contributed by atoms with Crippen LogP contribution in [0.1, 0.15) is 49.3 Å². The maximum absolute atomic E-state index is 12.5. The monoisotopic (exact) mass is 319 g/mol. The molecule has 0 aromatic carbocycles. The zero-order valence-corrected chi connectivity index (χ0v) is 13.1. The molecule has 1 aliphatic heterocycles. The van der Waals surface area contributed by atoms with E-state index in [0.29, 0.717) is 18.7 Å². The third-order valence-electron chi connectivity index (χ3n) is 3.55. The topological polar surface area (TPSA) is 83.1 Å². The van der Waals surface area contributed by atoms with E-state index in [1.54, 1.807) is 4.90 Å². The SMILES string of the molecule is CCCc1[nH]nc(C(=O)N2CCCC2C)c1S(=O)(=O)Cl. The number of hydrogen-bond acceptors (Lipinski definition) is 4. The third kappa shape index (κ3) is 2.83. The first-order chi connectivity index (χ1) is 9.36. The fraction of sp³-hybridized carbons (Fsp3) is 0.667. The predicted octanol–water partition coefficient (Wildman–Crippen LogP) is 1.91. The van der Waals surface area contributed by atoms with E-state index in [0.717, 1.165) is 19.3 Å². The Bertz CT molecular complexity index is 611. The first-order valence-corrected chi connectivity index (χ1v) is 9.00. The quantitative estimate of drug-likeness (QED) is 0.859. The van der Waals surface area contributed by atoms with Crippen molar-refractivity contribution in [2.24, 2.45) is 0 Å². The van der Waals surface area contributed by atoms with Crippen LogP contribution in [0.3, 0.4) is 0 Å². The van der Waals surface area contributed by atoms with Crippen molar-refractivity contribution in [1.29, 1.82) is 0 Å². The number of aryl methyl sites for hydroxylation is 1. The highest BCUT2D eigenvalue weighted by molar-refractivity contribution is 8.13. The van der Waals surface area contributed by atoms with Crippen LogP contribution in [-0.4, -0.2) is 42.0 Å². The Morgan fingerprint density at radius 1 is 1.55 bits per heavy atom. The summed E-state index contributed by atoms with van der Waals surface area (Å²) < 4.78 is 23.5. The number of H-pyrrole nitrogens is 1. The number of rotatable bonds is 4. The standard InChI is InChI=1S/C12H18ClN3O3S/c1-3-5-9-11(20(13,18)19)10(15-14-9)12(17)16-7-4-6-8(16)2/h8H,3-7H2,1-2H3,(H,14,15). The van der Waals surface area contributed by atoms with Crippen LogP contribution in [0.15, 0.2) is 4.90 Å². The molecule has 0 spiro atoms. The highest BCUT2D eigenvalue weighted by Crippen LogP contribution is 2.27. The zero-order chi connectivity index (χ0) is 14.9. The van der Waals surface area contributed by atoms with E-state index in [1.807, 2.05) is 13.8 Å². The van der Waals surface area contributed by atoms with E-state index in [2.05, 4.69) is 10.2 Å². The van der Waals surface area contributed by atoms with Gasteiger partial charge in [-0.05, 0) is 26.2 Å². The molecule has 1 unspecified atom stereocenters. The number of hydrogen-bond donors (Lipinski definition) is 1. The maximum Gasteiger partial charge on any atom is 0.276 e. The average Bonchev–Trinajstić information content (AvgIpc) is 2.94. The molecule has 0 bridgehead atoms. The van der Waals surface area contributed by atoms with Gasteiger partial charge in [-0.2, -0.15) is 5.10 Å². The minimum absolute atomic E-state index is 0.0859. The molecule has 1 atom stereocenters. The van der Waals surface area contributed by atoms with Crippen LogP contribution < -0.4 is 0 Å². The van der Waals surface area contributed by atoms with Crippen LogP contribution in [0.2, 0.25) is 0 Å². The second kappa shape index (κ2) is 5.73. The van der Waals surface area contributed by atoms with Crippen molar-refractivity contribution >= 4 is 25.6 Å². The second-order valence-electron chi connectivity index (χ2n) is 5.06. The van der Waals surface area contributed by atoms with Crippen LogP contribution in [0.25, 0.3) is 0 Å². The molecule has 1 aromatic heterocycles. The predicted molar refractivity (Wildman–Crippen MR) is 75.4 cm³/mol. The molecular weight excluding hydrogens is 302 g/mol. The number of likely N-dealkylation sites (tertiary alicyclic amines) is 1. The summed E-state index contributed by atoms with van der Waals surface area (Å²) in [5.41, 5.74) is 0.315. The molecular formula is C12H18ClN3O3S. The molecule has 0 saturated carbocycles. The summed E-state index contributed by atoms with van der Waals surface area (Å²) in [5.74, 6) is -0.368. The smallest absolute Gasteiger partial charge is 0.276 e. The Hall–Kier alpha value is -1.08. The van der Waals surface area contributed by atoms with E-state index in [4.69, 9.17) is 10.7 Å². The highest BCUT2D eigenvalue weighted by Gasteiger charge is 2.34. The lowest BCUT2D eigenvalue weighted by Gasteiger charge is -2.20.